The van der Waals surface area contributed by atoms with Gasteiger partial charge in [0.15, 0.2) is 5.60 Å². The fourth-order valence-corrected chi connectivity index (χ4v) is 10.8. The zero-order valence-corrected chi connectivity index (χ0v) is 51.1. The van der Waals surface area contributed by atoms with Crippen molar-refractivity contribution in [1.29, 1.82) is 0 Å². The van der Waals surface area contributed by atoms with Crippen molar-refractivity contribution < 1.29 is 78.1 Å². The number of hydrogen-bond acceptors (Lipinski definition) is 17. The van der Waals surface area contributed by atoms with Crippen LogP contribution in [0.4, 0.5) is 4.39 Å². The number of pyridine rings is 2. The van der Waals surface area contributed by atoms with Gasteiger partial charge < -0.3 is 71.3 Å². The summed E-state index contributed by atoms with van der Waals surface area (Å²) in [6.07, 6.45) is 0.988. The van der Waals surface area contributed by atoms with E-state index in [1.165, 1.54) is 13.0 Å². The zero-order chi connectivity index (χ0) is 63.8. The van der Waals surface area contributed by atoms with Crippen LogP contribution in [0.5, 0.6) is 0 Å². The summed E-state index contributed by atoms with van der Waals surface area (Å²) in [7, 11) is 0. The summed E-state index contributed by atoms with van der Waals surface area (Å²) < 4.78 is 28.2. The van der Waals surface area contributed by atoms with E-state index in [2.05, 4.69) is 26.6 Å². The van der Waals surface area contributed by atoms with Gasteiger partial charge in [-0.25, -0.2) is 14.2 Å². The number of carbonyl (C=O) groups is 7. The predicted octanol–water partition coefficient (Wildman–Crippen LogP) is 2.87. The second-order valence-electron chi connectivity index (χ2n) is 23.1. The van der Waals surface area contributed by atoms with Crippen molar-refractivity contribution in [3.05, 3.63) is 73.8 Å². The summed E-state index contributed by atoms with van der Waals surface area (Å²) in [6.45, 7) is 14.4. The molecule has 23 nitrogen and oxygen atoms in total. The van der Waals surface area contributed by atoms with Crippen LogP contribution in [0.3, 0.4) is 0 Å². The van der Waals surface area contributed by atoms with Crippen molar-refractivity contribution in [3.8, 4) is 11.4 Å². The molecule has 2 aliphatic rings. The van der Waals surface area contributed by atoms with Gasteiger partial charge >= 0.3 is 5.97 Å². The molecule has 1 aromatic carbocycles. The summed E-state index contributed by atoms with van der Waals surface area (Å²) in [5.74, 6) is -5.19. The Hall–Kier alpha value is -6.54. The molecule has 9 atom stereocenters. The van der Waals surface area contributed by atoms with Crippen LogP contribution in [-0.4, -0.2) is 151 Å². The zero-order valence-electron chi connectivity index (χ0n) is 51.1. The van der Waals surface area contributed by atoms with Crippen molar-refractivity contribution in [2.45, 2.75) is 213 Å². The third-order valence-corrected chi connectivity index (χ3v) is 16.7. The van der Waals surface area contributed by atoms with Gasteiger partial charge in [-0.1, -0.05) is 60.6 Å². The van der Waals surface area contributed by atoms with Gasteiger partial charge in [0.2, 0.25) is 29.5 Å². The van der Waals surface area contributed by atoms with Crippen LogP contribution in [0.15, 0.2) is 29.1 Å². The van der Waals surface area contributed by atoms with Gasteiger partial charge in [-0.3, -0.25) is 33.6 Å². The molecule has 86 heavy (non-hydrogen) atoms. The van der Waals surface area contributed by atoms with Gasteiger partial charge in [0.1, 0.15) is 61.4 Å². The van der Waals surface area contributed by atoms with Crippen LogP contribution >= 0.6 is 0 Å². The Morgan fingerprint density at radius 2 is 1.55 bits per heavy atom. The monoisotopic (exact) mass is 1210 g/mol. The Balaban J connectivity index is 1.16. The Morgan fingerprint density at radius 3 is 2.20 bits per heavy atom. The number of nitrogens with one attached hydrogen (secondary N) is 5. The standard InChI is InChI=1S/C62H90FN7O16/c1-10-14-18-25-61(9,12-3)48(74)21-15-16-22-50(76)67-43(23-24-49(75)64-29-46(72)54(77)55(78)47(73)31-71)57(80)69-52(34(5)6)58(81)66-36(8)56(79)65-33-85-26-19-17-20-38-35(7)42(63)28-44-51(38)37(11-2)39-30-70-45(53(39)68-44)27-41-40(59(70)82)32-86-60(83)62(41,84)13-4/h14,18,27-28,34,36,43,46-47,52,54-55,71-73,77-78,84H,10-13,15-17,19-26,29-33H2,1-9H3,(H,64,75)(H,65,79)(H,66,81)(H,67,76)(H,69,80)/b18-14-/t36-,43-,46-,47+,52-,54+,55+,61?,62-/m0/s1. The van der Waals surface area contributed by atoms with Crippen LogP contribution in [0.2, 0.25) is 0 Å². The van der Waals surface area contributed by atoms with Crippen molar-refractivity contribution >= 4 is 52.2 Å². The molecule has 11 N–H and O–H groups in total. The van der Waals surface area contributed by atoms with E-state index in [9.17, 15) is 63.9 Å². The first-order valence-corrected chi connectivity index (χ1v) is 30.1. The van der Waals surface area contributed by atoms with Crippen LogP contribution < -0.4 is 32.1 Å². The van der Waals surface area contributed by atoms with Crippen molar-refractivity contribution in [2.24, 2.45) is 11.3 Å². The number of allylic oxidation sites excluding steroid dienone is 2. The van der Waals surface area contributed by atoms with Gasteiger partial charge in [-0.05, 0) is 113 Å². The van der Waals surface area contributed by atoms with E-state index in [-0.39, 0.29) is 69.1 Å². The van der Waals surface area contributed by atoms with Gasteiger partial charge in [-0.15, -0.1) is 0 Å². The number of ketones is 1. The summed E-state index contributed by atoms with van der Waals surface area (Å²) in [5.41, 5.74) is 1.71. The first-order chi connectivity index (χ1) is 40.7. The number of aliphatic hydroxyl groups is 6. The summed E-state index contributed by atoms with van der Waals surface area (Å²) >= 11 is 0. The number of aryl methyl sites for hydroxylation is 2. The van der Waals surface area contributed by atoms with Crippen LogP contribution in [0.25, 0.3) is 22.3 Å². The molecule has 5 amide bonds. The van der Waals surface area contributed by atoms with E-state index >= 15 is 4.39 Å². The molecule has 476 valence electrons. The fourth-order valence-electron chi connectivity index (χ4n) is 10.8. The van der Waals surface area contributed by atoms with Crippen LogP contribution in [0, 0.1) is 24.1 Å². The number of benzene rings is 1. The van der Waals surface area contributed by atoms with Gasteiger partial charge in [0, 0.05) is 60.4 Å². The highest BCUT2D eigenvalue weighted by Crippen LogP contribution is 2.42. The average Bonchev–Trinajstić information content (AvgIpc) is 1.51. The summed E-state index contributed by atoms with van der Waals surface area (Å²) in [5, 5.41) is 74.1. The van der Waals surface area contributed by atoms with E-state index in [1.807, 2.05) is 39.8 Å². The molecule has 24 heteroatoms. The predicted molar refractivity (Wildman–Crippen MR) is 316 cm³/mol. The second kappa shape index (κ2) is 31.9. The third-order valence-electron chi connectivity index (χ3n) is 16.7. The highest BCUT2D eigenvalue weighted by molar-refractivity contribution is 5.95. The van der Waals surface area contributed by atoms with Crippen molar-refractivity contribution in [1.82, 2.24) is 36.1 Å². The normalized spacial score (nSPS) is 17.7. The number of fused-ring (bicyclic) bond motifs is 5. The number of hydrogen-bond donors (Lipinski definition) is 11. The molecular formula is C62H90FN7O16. The molecular weight excluding hydrogens is 1120 g/mol. The maximum absolute atomic E-state index is 15.7. The smallest absolute Gasteiger partial charge is 0.343 e. The SMILES string of the molecule is CC/C=C\CC(C)(CC)C(=O)CCCCC(=O)N[C@@H](CCC(=O)NC[C@H](O)[C@@H](O)[C@H](O)[C@H](O)CO)C(=O)N[C@H](C(=O)N[C@@H](C)C(=O)NCOCCCCc1c(C)c(F)cc2nc3c(c(CC)c12)Cn1c-3cc2c(c1=O)COC(=O)[C@]2(O)CC)C(C)C. The lowest BCUT2D eigenvalue weighted by molar-refractivity contribution is -0.172. The molecule has 0 aliphatic carbocycles. The highest BCUT2D eigenvalue weighted by atomic mass is 19.1. The van der Waals surface area contributed by atoms with Gasteiger partial charge in [0.25, 0.3) is 5.56 Å². The first-order valence-electron chi connectivity index (χ1n) is 30.1. The Kier molecular flexibility index (Phi) is 26.1. The Bertz CT molecular complexity index is 3020. The van der Waals surface area contributed by atoms with E-state index < -0.39 is 126 Å². The van der Waals surface area contributed by atoms with Crippen LogP contribution in [-0.2, 0) is 74.6 Å². The number of esters is 1. The number of halogens is 1. The lowest BCUT2D eigenvalue weighted by Gasteiger charge is -2.31. The number of nitrogens with zero attached hydrogens (tertiary/aromatic N) is 2. The lowest BCUT2D eigenvalue weighted by atomic mass is 9.78. The molecule has 0 bridgehead atoms. The minimum absolute atomic E-state index is 0.00642. The second-order valence-corrected chi connectivity index (χ2v) is 23.1. The van der Waals surface area contributed by atoms with E-state index in [4.69, 9.17) is 19.6 Å². The van der Waals surface area contributed by atoms with E-state index in [0.717, 1.165) is 28.5 Å². The molecule has 2 aromatic heterocycles. The van der Waals surface area contributed by atoms with Crippen LogP contribution in [0.1, 0.15) is 166 Å². The van der Waals surface area contributed by atoms with Crippen molar-refractivity contribution in [2.75, 3.05) is 26.5 Å². The number of aliphatic hydroxyl groups excluding tert-OH is 5. The molecule has 0 saturated heterocycles. The first kappa shape index (κ1) is 70.2. The minimum Gasteiger partial charge on any atom is -0.458 e. The largest absolute Gasteiger partial charge is 0.458 e. The number of unbranched alkanes of at least 4 members (excludes halogenated alkanes) is 2. The lowest BCUT2D eigenvalue weighted by Crippen LogP contribution is -2.58. The summed E-state index contributed by atoms with van der Waals surface area (Å²) in [6, 6.07) is -0.694. The molecule has 2 aliphatic heterocycles. The molecule has 1 unspecified atom stereocenters. The Morgan fingerprint density at radius 1 is 0.849 bits per heavy atom. The number of amides is 5. The van der Waals surface area contributed by atoms with Gasteiger partial charge in [0.05, 0.1) is 41.7 Å². The molecule has 0 radical (unpaired) electrons. The number of rotatable bonds is 35. The topological polar surface area (TPSA) is 354 Å². The summed E-state index contributed by atoms with van der Waals surface area (Å²) in [4.78, 5) is 112. The fraction of sp³-hybridized carbons (Fsp3) is 0.629. The molecule has 5 rings (SSSR count). The molecule has 0 saturated carbocycles. The number of ether oxygens (including phenoxy) is 2. The quantitative estimate of drug-likeness (QED) is 0.0137. The number of Topliss-reactive ketones (excluding diaryl/α,β-unsaturated/α-hetero) is 1. The minimum atomic E-state index is -1.99. The number of cyclic esters (lactones) is 1. The van der Waals surface area contributed by atoms with Gasteiger partial charge in [-0.2, -0.15) is 0 Å². The number of carbonyl (C=O) groups excluding carboxylic acids is 7. The average molecular weight is 1210 g/mol. The molecule has 4 heterocycles. The highest BCUT2D eigenvalue weighted by Gasteiger charge is 2.46. The maximum Gasteiger partial charge on any atom is 0.343 e. The number of aromatic nitrogens is 2. The molecule has 0 spiro atoms. The molecule has 3 aromatic rings. The third kappa shape index (κ3) is 16.9. The van der Waals surface area contributed by atoms with E-state index in [0.29, 0.717) is 73.8 Å². The van der Waals surface area contributed by atoms with E-state index in [1.54, 1.807) is 38.3 Å². The van der Waals surface area contributed by atoms with Crippen molar-refractivity contribution in [3.63, 3.8) is 0 Å². The Labute approximate surface area is 501 Å². The maximum atomic E-state index is 15.7. The molecule has 0 fully saturated rings.